The summed E-state index contributed by atoms with van der Waals surface area (Å²) in [5, 5.41) is 8.88. The molecule has 4 aromatic rings. The predicted molar refractivity (Wildman–Crippen MR) is 109 cm³/mol. The number of carboxylic acids is 1. The third-order valence-corrected chi connectivity index (χ3v) is 5.03. The van der Waals surface area contributed by atoms with E-state index in [1.807, 2.05) is 0 Å². The predicted octanol–water partition coefficient (Wildman–Crippen LogP) is 4.88. The highest BCUT2D eigenvalue weighted by Crippen LogP contribution is 2.25. The molecule has 0 atom stereocenters. The highest BCUT2D eigenvalue weighted by atomic mass is 35.5. The van der Waals surface area contributed by atoms with Crippen LogP contribution >= 0.6 is 11.6 Å². The molecule has 156 valence electrons. The minimum absolute atomic E-state index is 0.0793. The zero-order chi connectivity index (χ0) is 22.3. The van der Waals surface area contributed by atoms with Crippen LogP contribution in [-0.2, 0) is 6.54 Å². The maximum atomic E-state index is 14.8. The Bertz CT molecular complexity index is 1400. The summed E-state index contributed by atoms with van der Waals surface area (Å²) in [7, 11) is 0. The van der Waals surface area contributed by atoms with Gasteiger partial charge < -0.3 is 9.67 Å². The molecule has 0 unspecified atom stereocenters. The second-order valence-electron chi connectivity index (χ2n) is 6.73. The van der Waals surface area contributed by atoms with Crippen LogP contribution in [0, 0.1) is 17.5 Å². The maximum Gasteiger partial charge on any atom is 0.341 e. The molecule has 0 spiro atoms. The van der Waals surface area contributed by atoms with E-state index in [0.717, 1.165) is 22.9 Å². The van der Waals surface area contributed by atoms with Crippen molar-refractivity contribution in [1.82, 2.24) is 9.55 Å². The highest BCUT2D eigenvalue weighted by molar-refractivity contribution is 6.29. The van der Waals surface area contributed by atoms with Crippen molar-refractivity contribution in [3.05, 3.63) is 98.8 Å². The van der Waals surface area contributed by atoms with Crippen molar-refractivity contribution in [1.29, 1.82) is 0 Å². The number of aromatic carboxylic acids is 1. The summed E-state index contributed by atoms with van der Waals surface area (Å²) < 4.78 is 44.6. The largest absolute Gasteiger partial charge is 0.477 e. The van der Waals surface area contributed by atoms with Crippen molar-refractivity contribution >= 4 is 28.5 Å². The van der Waals surface area contributed by atoms with Crippen molar-refractivity contribution in [3.8, 4) is 11.1 Å². The molecule has 1 N–H and O–H groups in total. The Morgan fingerprint density at radius 1 is 1.00 bits per heavy atom. The summed E-state index contributed by atoms with van der Waals surface area (Å²) in [6.45, 7) is -0.331. The Kier molecular flexibility index (Phi) is 5.24. The minimum atomic E-state index is -1.60. The van der Waals surface area contributed by atoms with Gasteiger partial charge in [-0.05, 0) is 35.9 Å². The fourth-order valence-corrected chi connectivity index (χ4v) is 3.43. The van der Waals surface area contributed by atoms with E-state index in [2.05, 4.69) is 4.98 Å². The number of nitrogens with zero attached hydrogens (tertiary/aromatic N) is 2. The van der Waals surface area contributed by atoms with Crippen LogP contribution < -0.4 is 5.43 Å². The van der Waals surface area contributed by atoms with Crippen molar-refractivity contribution < 1.29 is 23.1 Å². The molecule has 0 amide bonds. The van der Waals surface area contributed by atoms with Gasteiger partial charge in [-0.15, -0.1) is 0 Å². The Balaban J connectivity index is 1.84. The summed E-state index contributed by atoms with van der Waals surface area (Å²) in [5.74, 6) is -4.26. The first kappa shape index (κ1) is 20.6. The number of aromatic nitrogens is 2. The maximum absolute atomic E-state index is 14.8. The van der Waals surface area contributed by atoms with Crippen molar-refractivity contribution in [2.45, 2.75) is 6.54 Å². The number of carboxylic acid groups (broad SMARTS) is 1. The molecule has 0 aliphatic carbocycles. The van der Waals surface area contributed by atoms with Gasteiger partial charge >= 0.3 is 5.97 Å². The van der Waals surface area contributed by atoms with Gasteiger partial charge in [-0.3, -0.25) is 4.79 Å². The molecule has 2 aromatic heterocycles. The Labute approximate surface area is 178 Å². The molecule has 2 heterocycles. The zero-order valence-electron chi connectivity index (χ0n) is 15.6. The number of pyridine rings is 2. The van der Waals surface area contributed by atoms with E-state index in [0.29, 0.717) is 11.1 Å². The van der Waals surface area contributed by atoms with Gasteiger partial charge in [-0.2, -0.15) is 0 Å². The first-order valence-corrected chi connectivity index (χ1v) is 9.29. The Morgan fingerprint density at radius 3 is 2.35 bits per heavy atom. The smallest absolute Gasteiger partial charge is 0.341 e. The summed E-state index contributed by atoms with van der Waals surface area (Å²) >= 11 is 5.75. The van der Waals surface area contributed by atoms with Crippen LogP contribution in [0.3, 0.4) is 0 Å². The van der Waals surface area contributed by atoms with E-state index in [9.17, 15) is 27.9 Å². The number of benzene rings is 2. The van der Waals surface area contributed by atoms with Crippen molar-refractivity contribution in [2.24, 2.45) is 0 Å². The van der Waals surface area contributed by atoms with Crippen molar-refractivity contribution in [3.63, 3.8) is 0 Å². The molecule has 0 saturated heterocycles. The van der Waals surface area contributed by atoms with E-state index < -0.39 is 45.3 Å². The quantitative estimate of drug-likeness (QED) is 0.455. The van der Waals surface area contributed by atoms with Gasteiger partial charge in [0.15, 0.2) is 0 Å². The van der Waals surface area contributed by atoms with E-state index in [1.54, 1.807) is 18.2 Å². The number of fused-ring (bicyclic) bond motifs is 1. The molecule has 0 aliphatic rings. The van der Waals surface area contributed by atoms with Gasteiger partial charge in [0.2, 0.25) is 5.43 Å². The molecule has 0 radical (unpaired) electrons. The second kappa shape index (κ2) is 7.88. The lowest BCUT2D eigenvalue weighted by atomic mass is 10.0. The topological polar surface area (TPSA) is 72.2 Å². The van der Waals surface area contributed by atoms with Gasteiger partial charge in [0, 0.05) is 23.5 Å². The summed E-state index contributed by atoms with van der Waals surface area (Å²) in [6, 6.07) is 9.05. The molecule has 31 heavy (non-hydrogen) atoms. The fourth-order valence-electron chi connectivity index (χ4n) is 3.31. The molecule has 0 bridgehead atoms. The second-order valence-corrected chi connectivity index (χ2v) is 7.12. The minimum Gasteiger partial charge on any atom is -0.477 e. The lowest BCUT2D eigenvalue weighted by Gasteiger charge is -2.14. The summed E-state index contributed by atoms with van der Waals surface area (Å²) in [5.41, 5.74) is -1.14. The molecule has 9 heteroatoms. The van der Waals surface area contributed by atoms with Crippen LogP contribution in [0.4, 0.5) is 13.2 Å². The molecule has 0 fully saturated rings. The monoisotopic (exact) mass is 444 g/mol. The van der Waals surface area contributed by atoms with Crippen molar-refractivity contribution in [2.75, 3.05) is 0 Å². The van der Waals surface area contributed by atoms with Crippen LogP contribution in [0.1, 0.15) is 15.9 Å². The molecular weight excluding hydrogens is 433 g/mol. The molecular formula is C22H12ClF3N2O3. The standard InChI is InChI=1S/C22H12ClF3N2O3/c23-18-6-3-12(8-27-18)11-1-2-13(17(26)7-11)9-28-10-14(22(30)31)21(29)19-15(24)4-5-16(25)20(19)28/h1-8,10H,9H2,(H,30,31). The van der Waals surface area contributed by atoms with E-state index in [4.69, 9.17) is 11.6 Å². The average molecular weight is 445 g/mol. The first-order chi connectivity index (χ1) is 14.8. The average Bonchev–Trinajstić information content (AvgIpc) is 2.73. The number of rotatable bonds is 4. The Morgan fingerprint density at radius 2 is 1.71 bits per heavy atom. The molecule has 0 saturated carbocycles. The van der Waals surface area contributed by atoms with Gasteiger partial charge in [-0.25, -0.2) is 22.9 Å². The van der Waals surface area contributed by atoms with Gasteiger partial charge in [-0.1, -0.05) is 23.7 Å². The normalized spacial score (nSPS) is 11.1. The highest BCUT2D eigenvalue weighted by Gasteiger charge is 2.20. The lowest BCUT2D eigenvalue weighted by molar-refractivity contribution is 0.0695. The van der Waals surface area contributed by atoms with E-state index in [1.165, 1.54) is 18.3 Å². The first-order valence-electron chi connectivity index (χ1n) is 8.91. The SMILES string of the molecule is O=C(O)c1cn(Cc2ccc(-c3ccc(Cl)nc3)cc2F)c2c(F)ccc(F)c2c1=O. The third kappa shape index (κ3) is 3.77. The molecule has 4 rings (SSSR count). The number of carbonyl (C=O) groups is 1. The van der Waals surface area contributed by atoms with E-state index >= 15 is 0 Å². The zero-order valence-corrected chi connectivity index (χ0v) is 16.3. The van der Waals surface area contributed by atoms with Gasteiger partial charge in [0.1, 0.15) is 28.2 Å². The number of hydrogen-bond donors (Lipinski definition) is 1. The fraction of sp³-hybridized carbons (Fsp3) is 0.0455. The third-order valence-electron chi connectivity index (χ3n) is 4.81. The summed E-state index contributed by atoms with van der Waals surface area (Å²) in [4.78, 5) is 27.7. The molecule has 2 aromatic carbocycles. The van der Waals surface area contributed by atoms with Gasteiger partial charge in [0.05, 0.1) is 17.4 Å². The van der Waals surface area contributed by atoms with Crippen LogP contribution in [-0.4, -0.2) is 20.6 Å². The molecule has 5 nitrogen and oxygen atoms in total. The van der Waals surface area contributed by atoms with Crippen LogP contribution in [0.2, 0.25) is 5.15 Å². The van der Waals surface area contributed by atoms with E-state index in [-0.39, 0.29) is 17.3 Å². The Hall–Kier alpha value is -3.65. The molecule has 0 aliphatic heterocycles. The summed E-state index contributed by atoms with van der Waals surface area (Å²) in [6.07, 6.45) is 2.36. The van der Waals surface area contributed by atoms with Crippen LogP contribution in [0.15, 0.2) is 59.7 Å². The number of hydrogen-bond acceptors (Lipinski definition) is 3. The van der Waals surface area contributed by atoms with Gasteiger partial charge in [0.25, 0.3) is 0 Å². The number of halogens is 4. The van der Waals surface area contributed by atoms with Crippen LogP contribution in [0.5, 0.6) is 0 Å². The van der Waals surface area contributed by atoms with Crippen LogP contribution in [0.25, 0.3) is 22.0 Å². The lowest BCUT2D eigenvalue weighted by Crippen LogP contribution is -2.21.